The Labute approximate surface area is 178 Å². The van der Waals surface area contributed by atoms with E-state index in [-0.39, 0.29) is 5.78 Å². The summed E-state index contributed by atoms with van der Waals surface area (Å²) in [6, 6.07) is 5.30. The number of thioether (sulfide) groups is 1. The first-order valence-corrected chi connectivity index (χ1v) is 11.6. The predicted molar refractivity (Wildman–Crippen MR) is 118 cm³/mol. The number of ketones is 1. The molecule has 2 aromatic heterocycles. The first-order valence-electron chi connectivity index (χ1n) is 9.83. The van der Waals surface area contributed by atoms with Crippen molar-refractivity contribution >= 4 is 39.1 Å². The van der Waals surface area contributed by atoms with Crippen molar-refractivity contribution in [3.05, 3.63) is 40.0 Å². The van der Waals surface area contributed by atoms with E-state index in [1.807, 2.05) is 0 Å². The summed E-state index contributed by atoms with van der Waals surface area (Å²) in [7, 11) is 3.17. The summed E-state index contributed by atoms with van der Waals surface area (Å²) in [6.45, 7) is 2.06. The molecule has 0 fully saturated rings. The fourth-order valence-electron chi connectivity index (χ4n) is 3.67. The average molecular weight is 429 g/mol. The molecule has 152 valence electrons. The van der Waals surface area contributed by atoms with E-state index < -0.39 is 0 Å². The minimum atomic E-state index is -0.000317. The van der Waals surface area contributed by atoms with Crippen molar-refractivity contribution in [1.82, 2.24) is 9.97 Å². The van der Waals surface area contributed by atoms with E-state index in [1.54, 1.807) is 43.8 Å². The molecular weight excluding hydrogens is 404 g/mol. The molecule has 0 amide bonds. The summed E-state index contributed by atoms with van der Waals surface area (Å²) in [5, 5.41) is 2.10. The number of hydrogen-bond donors (Lipinski definition) is 0. The lowest BCUT2D eigenvalue weighted by molar-refractivity contribution is 0.101. The number of ether oxygens (including phenoxy) is 2. The van der Waals surface area contributed by atoms with Gasteiger partial charge < -0.3 is 9.47 Å². The minimum absolute atomic E-state index is 0.000317. The van der Waals surface area contributed by atoms with Crippen LogP contribution in [0.1, 0.15) is 46.4 Å². The number of methoxy groups -OCH3 is 2. The van der Waals surface area contributed by atoms with E-state index in [4.69, 9.17) is 19.4 Å². The Kier molecular flexibility index (Phi) is 6.06. The summed E-state index contributed by atoms with van der Waals surface area (Å²) in [6.07, 6.45) is 5.43. The van der Waals surface area contributed by atoms with Crippen LogP contribution in [0.4, 0.5) is 0 Å². The van der Waals surface area contributed by atoms with Crippen molar-refractivity contribution in [3.63, 3.8) is 0 Å². The number of rotatable bonds is 7. The maximum Gasteiger partial charge on any atom is 0.176 e. The molecule has 1 aliphatic rings. The molecule has 5 nitrogen and oxygen atoms in total. The van der Waals surface area contributed by atoms with Crippen molar-refractivity contribution in [2.24, 2.45) is 0 Å². The monoisotopic (exact) mass is 428 g/mol. The van der Waals surface area contributed by atoms with Crippen molar-refractivity contribution in [2.75, 3.05) is 20.0 Å². The third-order valence-corrected chi connectivity index (χ3v) is 7.35. The van der Waals surface area contributed by atoms with Crippen LogP contribution in [0.3, 0.4) is 0 Å². The predicted octanol–water partition coefficient (Wildman–Crippen LogP) is 5.12. The van der Waals surface area contributed by atoms with Crippen LogP contribution in [0, 0.1) is 0 Å². The maximum absolute atomic E-state index is 13.0. The van der Waals surface area contributed by atoms with Crippen LogP contribution in [0.2, 0.25) is 0 Å². The number of aromatic nitrogens is 2. The highest BCUT2D eigenvalue weighted by molar-refractivity contribution is 8.00. The van der Waals surface area contributed by atoms with E-state index in [1.165, 1.54) is 35.0 Å². The first-order chi connectivity index (χ1) is 14.1. The molecule has 0 unspecified atom stereocenters. The number of benzene rings is 1. The molecule has 0 atom stereocenters. The molecule has 0 bridgehead atoms. The second kappa shape index (κ2) is 8.71. The highest BCUT2D eigenvalue weighted by atomic mass is 32.2. The Hall–Kier alpha value is -2.12. The Balaban J connectivity index is 1.66. The molecule has 3 aromatic rings. The molecule has 1 aliphatic carbocycles. The van der Waals surface area contributed by atoms with E-state index in [0.717, 1.165) is 40.3 Å². The van der Waals surface area contributed by atoms with Gasteiger partial charge in [0.1, 0.15) is 27.2 Å². The van der Waals surface area contributed by atoms with Gasteiger partial charge >= 0.3 is 0 Å². The van der Waals surface area contributed by atoms with Crippen molar-refractivity contribution < 1.29 is 14.3 Å². The number of carbonyl (C=O) groups is 1. The first kappa shape index (κ1) is 20.2. The number of fused-ring (bicyclic) bond motifs is 3. The Morgan fingerprint density at radius 3 is 2.76 bits per heavy atom. The van der Waals surface area contributed by atoms with Crippen LogP contribution in [-0.4, -0.2) is 35.7 Å². The maximum atomic E-state index is 13.0. The summed E-state index contributed by atoms with van der Waals surface area (Å²) >= 11 is 3.30. The standard InChI is InChI=1S/C22H24N2O3S2/c1-4-19-23-21(20-14-7-5-6-8-18(14)29-22(20)24-19)28-12-16(25)15-11-13(26-2)9-10-17(15)27-3/h9-11H,4-8,12H2,1-3H3. The topological polar surface area (TPSA) is 61.3 Å². The van der Waals surface area contributed by atoms with Gasteiger partial charge in [-0.15, -0.1) is 11.3 Å². The smallest absolute Gasteiger partial charge is 0.176 e. The molecule has 0 saturated heterocycles. The van der Waals surface area contributed by atoms with Gasteiger partial charge in [-0.2, -0.15) is 0 Å². The molecule has 7 heteroatoms. The van der Waals surface area contributed by atoms with Gasteiger partial charge in [0.05, 0.1) is 25.5 Å². The molecular formula is C22H24N2O3S2. The minimum Gasteiger partial charge on any atom is -0.497 e. The molecule has 29 heavy (non-hydrogen) atoms. The quantitative estimate of drug-likeness (QED) is 0.296. The van der Waals surface area contributed by atoms with Crippen LogP contribution in [0.5, 0.6) is 11.5 Å². The second-order valence-corrected chi connectivity index (χ2v) is 9.02. The van der Waals surface area contributed by atoms with E-state index in [0.29, 0.717) is 22.8 Å². The number of thiophene rings is 1. The Morgan fingerprint density at radius 2 is 2.00 bits per heavy atom. The summed E-state index contributed by atoms with van der Waals surface area (Å²) in [4.78, 5) is 25.1. The average Bonchev–Trinajstić information content (AvgIpc) is 3.15. The number of Topliss-reactive ketones (excluding diaryl/α,β-unsaturated/α-hetero) is 1. The molecule has 2 heterocycles. The third-order valence-electron chi connectivity index (χ3n) is 5.19. The zero-order valence-corrected chi connectivity index (χ0v) is 18.5. The summed E-state index contributed by atoms with van der Waals surface area (Å²) < 4.78 is 10.7. The fraction of sp³-hybridized carbons (Fsp3) is 0.409. The summed E-state index contributed by atoms with van der Waals surface area (Å²) in [5.41, 5.74) is 1.93. The van der Waals surface area contributed by atoms with E-state index in [2.05, 4.69) is 6.92 Å². The molecule has 0 aliphatic heterocycles. The van der Waals surface area contributed by atoms with Crippen LogP contribution in [-0.2, 0) is 19.3 Å². The number of hydrogen-bond acceptors (Lipinski definition) is 7. The molecule has 0 spiro atoms. The van der Waals surface area contributed by atoms with Crippen molar-refractivity contribution in [3.8, 4) is 11.5 Å². The van der Waals surface area contributed by atoms with Crippen LogP contribution in [0.25, 0.3) is 10.2 Å². The van der Waals surface area contributed by atoms with Crippen molar-refractivity contribution in [2.45, 2.75) is 44.1 Å². The number of carbonyl (C=O) groups excluding carboxylic acids is 1. The van der Waals surface area contributed by atoms with E-state index in [9.17, 15) is 4.79 Å². The second-order valence-electron chi connectivity index (χ2n) is 6.97. The lowest BCUT2D eigenvalue weighted by Crippen LogP contribution is -2.07. The normalized spacial score (nSPS) is 13.3. The van der Waals surface area contributed by atoms with Gasteiger partial charge in [-0.05, 0) is 49.4 Å². The van der Waals surface area contributed by atoms with Crippen LogP contribution < -0.4 is 9.47 Å². The molecule has 0 N–H and O–H groups in total. The molecule has 1 aromatic carbocycles. The third kappa shape index (κ3) is 3.98. The van der Waals surface area contributed by atoms with Gasteiger partial charge in [-0.1, -0.05) is 18.7 Å². The lowest BCUT2D eigenvalue weighted by atomic mass is 9.97. The van der Waals surface area contributed by atoms with Gasteiger partial charge in [0.2, 0.25) is 0 Å². The SMILES string of the molecule is CCc1nc(SCC(=O)c2cc(OC)ccc2OC)c2c3c(sc2n1)CCCC3. The Bertz CT molecular complexity index is 1060. The van der Waals surface area contributed by atoms with Crippen LogP contribution in [0.15, 0.2) is 23.2 Å². The number of aryl methyl sites for hydroxylation is 3. The van der Waals surface area contributed by atoms with Crippen LogP contribution >= 0.6 is 23.1 Å². The van der Waals surface area contributed by atoms with E-state index >= 15 is 0 Å². The van der Waals surface area contributed by atoms with Gasteiger partial charge in [0, 0.05) is 16.7 Å². The fourth-order valence-corrected chi connectivity index (χ4v) is 5.97. The Morgan fingerprint density at radius 1 is 1.17 bits per heavy atom. The largest absolute Gasteiger partial charge is 0.497 e. The number of nitrogens with zero attached hydrogens (tertiary/aromatic N) is 2. The molecule has 0 saturated carbocycles. The van der Waals surface area contributed by atoms with Gasteiger partial charge in [-0.25, -0.2) is 9.97 Å². The highest BCUT2D eigenvalue weighted by Crippen LogP contribution is 2.40. The zero-order valence-electron chi connectivity index (χ0n) is 16.9. The van der Waals surface area contributed by atoms with Gasteiger partial charge in [-0.3, -0.25) is 4.79 Å². The lowest BCUT2D eigenvalue weighted by Gasteiger charge is -2.12. The summed E-state index contributed by atoms with van der Waals surface area (Å²) in [5.74, 6) is 2.34. The van der Waals surface area contributed by atoms with Crippen molar-refractivity contribution in [1.29, 1.82) is 0 Å². The molecule has 0 radical (unpaired) electrons. The van der Waals surface area contributed by atoms with Gasteiger partial charge in [0.25, 0.3) is 0 Å². The van der Waals surface area contributed by atoms with Gasteiger partial charge in [0.15, 0.2) is 5.78 Å². The molecule has 4 rings (SSSR count). The zero-order chi connectivity index (χ0) is 20.4. The highest BCUT2D eigenvalue weighted by Gasteiger charge is 2.22.